The molecule has 0 saturated heterocycles. The Kier molecular flexibility index (Phi) is 13.4. The minimum absolute atomic E-state index is 0. The molecule has 0 fully saturated rings. The first kappa shape index (κ1) is 16.6. The normalized spacial score (nSPS) is 9.33. The first-order valence-electron chi connectivity index (χ1n) is 1.92. The molecule has 0 atom stereocenters. The average molecular weight is 304 g/mol. The molecule has 0 rings (SSSR count). The van der Waals surface area contributed by atoms with Gasteiger partial charge in [-0.1, -0.05) is 0 Å². The van der Waals surface area contributed by atoms with Gasteiger partial charge in [0.2, 0.25) is 0 Å². The van der Waals surface area contributed by atoms with Gasteiger partial charge in [-0.25, -0.2) is 0 Å². The zero-order valence-corrected chi connectivity index (χ0v) is 10.2. The maximum Gasteiger partial charge on any atom is 0.386 e. The number of hydrogen-bond donors (Lipinski definition) is 0. The fraction of sp³-hybridized carbons (Fsp3) is 0.750. The van der Waals surface area contributed by atoms with Crippen LogP contribution in [0.4, 0.5) is 13.2 Å². The first-order chi connectivity index (χ1) is 3.06. The van der Waals surface area contributed by atoms with Crippen LogP contribution in [0.15, 0.2) is 0 Å². The zero-order chi connectivity index (χ0) is 5.91. The van der Waals surface area contributed by atoms with E-state index >= 15 is 0 Å². The van der Waals surface area contributed by atoms with Crippen LogP contribution in [0.2, 0.25) is 0 Å². The van der Waals surface area contributed by atoms with E-state index in [0.29, 0.717) is 0 Å². The molecular weight excluding hydrogens is 297 g/mol. The van der Waals surface area contributed by atoms with Crippen molar-refractivity contribution in [1.29, 1.82) is 0 Å². The fourth-order valence-electron chi connectivity index (χ4n) is 0.200. The SMILES string of the molecule is I.[CH2-]CCC(F)(F)F.[Zn]. The molecule has 0 aromatic heterocycles. The van der Waals surface area contributed by atoms with Crippen molar-refractivity contribution in [2.75, 3.05) is 0 Å². The van der Waals surface area contributed by atoms with Crippen LogP contribution in [-0.2, 0) is 19.5 Å². The van der Waals surface area contributed by atoms with Gasteiger partial charge in [-0.3, -0.25) is 0 Å². The first-order valence-corrected chi connectivity index (χ1v) is 1.92. The number of halogens is 4. The van der Waals surface area contributed by atoms with Crippen molar-refractivity contribution in [3.05, 3.63) is 6.92 Å². The Morgan fingerprint density at radius 3 is 1.56 bits per heavy atom. The van der Waals surface area contributed by atoms with Gasteiger partial charge >= 0.3 is 6.18 Å². The Balaban J connectivity index is -0.000000180. The third-order valence-corrected chi connectivity index (χ3v) is 0.460. The summed E-state index contributed by atoms with van der Waals surface area (Å²) in [6.07, 6.45) is -4.85. The molecule has 0 saturated carbocycles. The summed E-state index contributed by atoms with van der Waals surface area (Å²) in [5.74, 6) is 0. The van der Waals surface area contributed by atoms with Crippen LogP contribution in [0, 0.1) is 6.92 Å². The molecule has 5 heteroatoms. The molecule has 0 nitrogen and oxygen atoms in total. The van der Waals surface area contributed by atoms with Crippen molar-refractivity contribution in [3.63, 3.8) is 0 Å². The maximum absolute atomic E-state index is 11.0. The number of rotatable bonds is 1. The summed E-state index contributed by atoms with van der Waals surface area (Å²) in [6.45, 7) is 3.05. The van der Waals surface area contributed by atoms with Crippen molar-refractivity contribution in [2.45, 2.75) is 19.0 Å². The number of alkyl halides is 3. The van der Waals surface area contributed by atoms with Crippen molar-refractivity contribution in [2.24, 2.45) is 0 Å². The molecule has 0 aromatic rings. The second-order valence-electron chi connectivity index (χ2n) is 1.22. The largest absolute Gasteiger partial charge is 0.386 e. The minimum atomic E-state index is -4.01. The van der Waals surface area contributed by atoms with Crippen LogP contribution in [-0.4, -0.2) is 6.18 Å². The second kappa shape index (κ2) is 7.25. The van der Waals surface area contributed by atoms with E-state index in [0.717, 1.165) is 0 Å². The molecule has 0 aromatic carbocycles. The molecule has 0 aliphatic rings. The van der Waals surface area contributed by atoms with E-state index in [2.05, 4.69) is 6.92 Å². The van der Waals surface area contributed by atoms with Crippen LogP contribution in [0.3, 0.4) is 0 Å². The Bertz CT molecular complexity index is 54.3. The van der Waals surface area contributed by atoms with Gasteiger partial charge in [-0.05, 0) is 0 Å². The molecule has 0 aliphatic heterocycles. The van der Waals surface area contributed by atoms with Crippen LogP contribution in [0.5, 0.6) is 0 Å². The van der Waals surface area contributed by atoms with Crippen molar-refractivity contribution >= 4 is 24.0 Å². The molecule has 54 valence electrons. The summed E-state index contributed by atoms with van der Waals surface area (Å²) >= 11 is 0. The quantitative estimate of drug-likeness (QED) is 0.397. The van der Waals surface area contributed by atoms with Gasteiger partial charge in [0.05, 0.1) is 0 Å². The standard InChI is InChI=1S/C4H6F3.HI.Zn/c1-2-3-4(5,6)7;;/h1-3H2;1H;/q-1;;. The fourth-order valence-corrected chi connectivity index (χ4v) is 0.200. The predicted octanol–water partition coefficient (Wildman–Crippen LogP) is 2.78. The third kappa shape index (κ3) is 17.6. The monoisotopic (exact) mass is 303 g/mol. The molecule has 0 amide bonds. The van der Waals surface area contributed by atoms with Crippen molar-refractivity contribution < 1.29 is 32.6 Å². The smallest absolute Gasteiger partial charge is 0.343 e. The average Bonchev–Trinajstić information content (AvgIpc) is 1.30. The van der Waals surface area contributed by atoms with E-state index in [-0.39, 0.29) is 49.9 Å². The summed E-state index contributed by atoms with van der Waals surface area (Å²) in [5.41, 5.74) is 0. The van der Waals surface area contributed by atoms with Gasteiger partial charge in [-0.15, -0.1) is 24.0 Å². The molecule has 0 N–H and O–H groups in total. The van der Waals surface area contributed by atoms with Gasteiger partial charge in [0.15, 0.2) is 0 Å². The van der Waals surface area contributed by atoms with Crippen LogP contribution < -0.4 is 0 Å². The van der Waals surface area contributed by atoms with E-state index in [4.69, 9.17) is 0 Å². The summed E-state index contributed by atoms with van der Waals surface area (Å²) in [5, 5.41) is 0. The molecular formula is C4H7F3IZn-. The third-order valence-electron chi connectivity index (χ3n) is 0.460. The maximum atomic E-state index is 11.0. The molecule has 9 heavy (non-hydrogen) atoms. The van der Waals surface area contributed by atoms with E-state index in [1.165, 1.54) is 0 Å². The van der Waals surface area contributed by atoms with Gasteiger partial charge < -0.3 is 6.92 Å². The Morgan fingerprint density at radius 2 is 1.56 bits per heavy atom. The van der Waals surface area contributed by atoms with Crippen molar-refractivity contribution in [1.82, 2.24) is 0 Å². The molecule has 0 heterocycles. The Hall–Kier alpha value is 1.14. The molecule has 0 spiro atoms. The minimum Gasteiger partial charge on any atom is -0.343 e. The van der Waals surface area contributed by atoms with Gasteiger partial charge in [0.25, 0.3) is 0 Å². The number of hydrogen-bond acceptors (Lipinski definition) is 0. The van der Waals surface area contributed by atoms with Gasteiger partial charge in [0.1, 0.15) is 0 Å². The molecule has 0 bridgehead atoms. The van der Waals surface area contributed by atoms with Crippen molar-refractivity contribution in [3.8, 4) is 0 Å². The predicted molar refractivity (Wildman–Crippen MR) is 36.1 cm³/mol. The van der Waals surface area contributed by atoms with E-state index < -0.39 is 12.6 Å². The summed E-state index contributed by atoms with van der Waals surface area (Å²) in [4.78, 5) is 0. The Labute approximate surface area is 82.4 Å². The topological polar surface area (TPSA) is 0 Å². The van der Waals surface area contributed by atoms with E-state index in [1.54, 1.807) is 0 Å². The summed E-state index contributed by atoms with van der Waals surface area (Å²) in [6, 6.07) is 0. The van der Waals surface area contributed by atoms with Crippen LogP contribution in [0.25, 0.3) is 0 Å². The van der Waals surface area contributed by atoms with Crippen LogP contribution >= 0.6 is 24.0 Å². The van der Waals surface area contributed by atoms with E-state index in [1.807, 2.05) is 0 Å². The summed E-state index contributed by atoms with van der Waals surface area (Å²) < 4.78 is 33.0. The summed E-state index contributed by atoms with van der Waals surface area (Å²) in [7, 11) is 0. The Morgan fingerprint density at radius 1 is 1.22 bits per heavy atom. The molecule has 0 radical (unpaired) electrons. The van der Waals surface area contributed by atoms with Gasteiger partial charge in [-0.2, -0.15) is 19.6 Å². The zero-order valence-electron chi connectivity index (χ0n) is 4.87. The van der Waals surface area contributed by atoms with E-state index in [9.17, 15) is 13.2 Å². The van der Waals surface area contributed by atoms with Crippen LogP contribution in [0.1, 0.15) is 12.8 Å². The second-order valence-corrected chi connectivity index (χ2v) is 1.22. The molecule has 0 unspecified atom stereocenters. The molecule has 0 aliphatic carbocycles. The van der Waals surface area contributed by atoms with Gasteiger partial charge in [0, 0.05) is 25.9 Å².